The molecule has 0 amide bonds. The van der Waals surface area contributed by atoms with Crippen LogP contribution in [0.25, 0.3) is 0 Å². The van der Waals surface area contributed by atoms with E-state index < -0.39 is 26.5 Å². The van der Waals surface area contributed by atoms with Crippen LogP contribution in [-0.2, 0) is 32.7 Å². The third-order valence-corrected chi connectivity index (χ3v) is 9.10. The molecule has 0 aromatic heterocycles. The van der Waals surface area contributed by atoms with Crippen LogP contribution in [-0.4, -0.2) is 43.3 Å². The van der Waals surface area contributed by atoms with E-state index in [1.54, 1.807) is 0 Å². The number of carbonyl (C=O) groups excluding carboxylic acids is 2. The summed E-state index contributed by atoms with van der Waals surface area (Å²) in [6.45, 7) is 3.84. The Kier molecular flexibility index (Phi) is 33.3. The van der Waals surface area contributed by atoms with Gasteiger partial charge in [0.15, 0.2) is 6.10 Å². The van der Waals surface area contributed by atoms with Crippen LogP contribution in [0.4, 0.5) is 0 Å². The summed E-state index contributed by atoms with van der Waals surface area (Å²) in [6.07, 6.45) is 36.5. The second kappa shape index (κ2) is 34.4. The number of rotatable bonds is 35. The van der Waals surface area contributed by atoms with Crippen molar-refractivity contribution in [2.75, 3.05) is 20.3 Å². The van der Waals surface area contributed by atoms with E-state index in [9.17, 15) is 19.0 Å². The highest BCUT2D eigenvalue weighted by atomic mass is 31.2. The number of ether oxygens (including phenoxy) is 2. The number of phosphoric ester groups is 1. The molecule has 0 aliphatic heterocycles. The zero-order valence-corrected chi connectivity index (χ0v) is 31.3. The third-order valence-electron chi connectivity index (χ3n) is 8.17. The molecule has 0 spiro atoms. The summed E-state index contributed by atoms with van der Waals surface area (Å²) in [7, 11) is -3.20. The number of carbonyl (C=O) groups is 2. The van der Waals surface area contributed by atoms with Gasteiger partial charge in [-0.25, -0.2) is 4.57 Å². The Hall–Kier alpha value is -1.47. The van der Waals surface area contributed by atoms with E-state index in [0.29, 0.717) is 6.42 Å². The van der Waals surface area contributed by atoms with Gasteiger partial charge >= 0.3 is 19.8 Å². The predicted octanol–water partition coefficient (Wildman–Crippen LogP) is 11.5. The first-order chi connectivity index (χ1) is 22.8. The van der Waals surface area contributed by atoms with E-state index in [2.05, 4.69) is 42.7 Å². The Labute approximate surface area is 288 Å². The summed E-state index contributed by atoms with van der Waals surface area (Å²) < 4.78 is 31.8. The quantitative estimate of drug-likeness (QED) is 0.0304. The molecule has 2 unspecified atom stereocenters. The molecule has 0 fully saturated rings. The van der Waals surface area contributed by atoms with Crippen molar-refractivity contribution in [1.29, 1.82) is 0 Å². The van der Waals surface area contributed by atoms with Crippen LogP contribution in [0.15, 0.2) is 24.3 Å². The van der Waals surface area contributed by atoms with Crippen molar-refractivity contribution < 1.29 is 37.6 Å². The maximum atomic E-state index is 12.4. The Morgan fingerprint density at radius 2 is 0.957 bits per heavy atom. The van der Waals surface area contributed by atoms with Crippen molar-refractivity contribution in [3.63, 3.8) is 0 Å². The molecule has 1 N–H and O–H groups in total. The van der Waals surface area contributed by atoms with Crippen molar-refractivity contribution >= 4 is 19.8 Å². The molecule has 0 aliphatic rings. The molecule has 276 valence electrons. The number of allylic oxidation sites excluding steroid dienone is 4. The van der Waals surface area contributed by atoms with Crippen molar-refractivity contribution in [3.05, 3.63) is 24.3 Å². The first-order valence-electron chi connectivity index (χ1n) is 19.0. The molecule has 9 heteroatoms. The van der Waals surface area contributed by atoms with E-state index in [4.69, 9.17) is 14.0 Å². The van der Waals surface area contributed by atoms with Gasteiger partial charge in [-0.3, -0.25) is 18.6 Å². The molecule has 2 atom stereocenters. The maximum Gasteiger partial charge on any atom is 0.472 e. The maximum absolute atomic E-state index is 12.4. The lowest BCUT2D eigenvalue weighted by atomic mass is 10.1. The molecule has 0 heterocycles. The highest BCUT2D eigenvalue weighted by Crippen LogP contribution is 2.42. The minimum absolute atomic E-state index is 0.231. The summed E-state index contributed by atoms with van der Waals surface area (Å²) in [5, 5.41) is 0. The average Bonchev–Trinajstić information content (AvgIpc) is 3.06. The summed E-state index contributed by atoms with van der Waals surface area (Å²) in [5.41, 5.74) is 0. The van der Waals surface area contributed by atoms with Crippen LogP contribution in [0.1, 0.15) is 181 Å². The molecule has 0 aromatic carbocycles. The van der Waals surface area contributed by atoms with Crippen molar-refractivity contribution in [3.8, 4) is 0 Å². The molecule has 0 bridgehead atoms. The van der Waals surface area contributed by atoms with E-state index in [1.165, 1.54) is 77.0 Å². The lowest BCUT2D eigenvalue weighted by molar-refractivity contribution is -0.161. The second-order valence-corrected chi connectivity index (χ2v) is 14.3. The lowest BCUT2D eigenvalue weighted by Gasteiger charge is -2.19. The molecule has 0 aromatic rings. The number of hydrogen-bond acceptors (Lipinski definition) is 7. The van der Waals surface area contributed by atoms with Crippen molar-refractivity contribution in [2.45, 2.75) is 187 Å². The molecular weight excluding hydrogens is 615 g/mol. The number of unbranched alkanes of at least 4 members (excludes halogenated alkanes) is 20. The SMILES string of the molecule is CCCCC/C=C\CCCCCCCC(=O)OCC(COP(=O)(O)OC)OC(=O)CCCCCCC/C=C\CCCCCCCCC. The molecular formula is C38H71O8P. The lowest BCUT2D eigenvalue weighted by Crippen LogP contribution is -2.29. The first kappa shape index (κ1) is 45.5. The van der Waals surface area contributed by atoms with Gasteiger partial charge in [0.05, 0.1) is 6.61 Å². The highest BCUT2D eigenvalue weighted by molar-refractivity contribution is 7.47. The van der Waals surface area contributed by atoms with E-state index in [1.807, 2.05) is 0 Å². The Bertz CT molecular complexity index is 829. The van der Waals surface area contributed by atoms with Gasteiger partial charge < -0.3 is 14.4 Å². The van der Waals surface area contributed by atoms with E-state index >= 15 is 0 Å². The van der Waals surface area contributed by atoms with Crippen LogP contribution in [0.2, 0.25) is 0 Å². The van der Waals surface area contributed by atoms with Gasteiger partial charge in [0.2, 0.25) is 0 Å². The van der Waals surface area contributed by atoms with Crippen LogP contribution >= 0.6 is 7.82 Å². The fourth-order valence-electron chi connectivity index (χ4n) is 5.18. The third kappa shape index (κ3) is 34.2. The summed E-state index contributed by atoms with van der Waals surface area (Å²) in [4.78, 5) is 34.3. The smallest absolute Gasteiger partial charge is 0.462 e. The van der Waals surface area contributed by atoms with Gasteiger partial charge in [0.25, 0.3) is 0 Å². The topological polar surface area (TPSA) is 108 Å². The summed E-state index contributed by atoms with van der Waals surface area (Å²) in [5.74, 6) is -0.823. The van der Waals surface area contributed by atoms with Crippen molar-refractivity contribution in [2.24, 2.45) is 0 Å². The minimum Gasteiger partial charge on any atom is -0.462 e. The zero-order valence-electron chi connectivity index (χ0n) is 30.4. The van der Waals surface area contributed by atoms with E-state index in [-0.39, 0.29) is 25.4 Å². The van der Waals surface area contributed by atoms with Gasteiger partial charge in [0, 0.05) is 20.0 Å². The summed E-state index contributed by atoms with van der Waals surface area (Å²) >= 11 is 0. The van der Waals surface area contributed by atoms with Crippen LogP contribution in [0.3, 0.4) is 0 Å². The van der Waals surface area contributed by atoms with Crippen LogP contribution in [0.5, 0.6) is 0 Å². The predicted molar refractivity (Wildman–Crippen MR) is 193 cm³/mol. The van der Waals surface area contributed by atoms with Gasteiger partial charge in [-0.05, 0) is 64.2 Å². The Balaban J connectivity index is 4.07. The standard InChI is InChI=1S/C38H71O8P/c1-4-6-8-10-12-14-16-18-19-20-21-23-25-27-29-31-33-38(40)46-36(35-45-47(41,42)43-3)34-44-37(39)32-30-28-26-24-22-17-15-13-11-9-7-5-2/h13,15,19-20,36H,4-12,14,16-18,21-35H2,1-3H3,(H,41,42)/b15-13-,20-19-. The minimum atomic E-state index is -4.26. The summed E-state index contributed by atoms with van der Waals surface area (Å²) in [6, 6.07) is 0. The second-order valence-electron chi connectivity index (χ2n) is 12.7. The molecule has 0 rings (SSSR count). The van der Waals surface area contributed by atoms with Gasteiger partial charge in [-0.15, -0.1) is 0 Å². The fraction of sp³-hybridized carbons (Fsp3) is 0.842. The molecule has 47 heavy (non-hydrogen) atoms. The number of phosphoric acid groups is 1. The first-order valence-corrected chi connectivity index (χ1v) is 20.5. The van der Waals surface area contributed by atoms with Gasteiger partial charge in [-0.1, -0.05) is 128 Å². The van der Waals surface area contributed by atoms with Crippen LogP contribution < -0.4 is 0 Å². The Morgan fingerprint density at radius 3 is 1.43 bits per heavy atom. The average molecular weight is 687 g/mol. The fourth-order valence-corrected chi connectivity index (χ4v) is 5.64. The molecule has 0 radical (unpaired) electrons. The molecule has 0 saturated carbocycles. The highest BCUT2D eigenvalue weighted by Gasteiger charge is 2.24. The molecule has 0 saturated heterocycles. The zero-order chi connectivity index (χ0) is 34.7. The normalized spacial score (nSPS) is 13.7. The van der Waals surface area contributed by atoms with Gasteiger partial charge in [-0.2, -0.15) is 0 Å². The number of esters is 2. The molecule has 0 aliphatic carbocycles. The van der Waals surface area contributed by atoms with Crippen LogP contribution in [0, 0.1) is 0 Å². The largest absolute Gasteiger partial charge is 0.472 e. The Morgan fingerprint density at radius 1 is 0.574 bits per heavy atom. The number of hydrogen-bond donors (Lipinski definition) is 1. The monoisotopic (exact) mass is 686 g/mol. The van der Waals surface area contributed by atoms with Crippen molar-refractivity contribution in [1.82, 2.24) is 0 Å². The van der Waals surface area contributed by atoms with E-state index in [0.717, 1.165) is 77.7 Å². The van der Waals surface area contributed by atoms with Gasteiger partial charge in [0.1, 0.15) is 6.61 Å². The molecule has 8 nitrogen and oxygen atoms in total.